The molecule has 0 spiro atoms. The number of halogens is 4. The van der Waals surface area contributed by atoms with Crippen LogP contribution in [-0.2, 0) is 0 Å². The molecule has 208 valence electrons. The van der Waals surface area contributed by atoms with Crippen LogP contribution in [0, 0.1) is 0 Å². The summed E-state index contributed by atoms with van der Waals surface area (Å²) in [7, 11) is 4.06. The summed E-state index contributed by atoms with van der Waals surface area (Å²) >= 11 is 24.4. The zero-order valence-electron chi connectivity index (χ0n) is 22.7. The van der Waals surface area contributed by atoms with E-state index >= 15 is 0 Å². The lowest BCUT2D eigenvalue weighted by atomic mass is 9.77. The van der Waals surface area contributed by atoms with Crippen LogP contribution >= 0.6 is 46.4 Å². The van der Waals surface area contributed by atoms with Gasteiger partial charge in [-0.2, -0.15) is 0 Å². The molecule has 0 saturated carbocycles. The lowest BCUT2D eigenvalue weighted by molar-refractivity contribution is 0.471. The van der Waals surface area contributed by atoms with E-state index in [1.165, 1.54) is 33.4 Å². The summed E-state index contributed by atoms with van der Waals surface area (Å²) in [5.74, 6) is 0.816. The van der Waals surface area contributed by atoms with Gasteiger partial charge in [-0.15, -0.1) is 0 Å². The van der Waals surface area contributed by atoms with E-state index in [0.717, 1.165) is 25.7 Å². The minimum atomic E-state index is 0.408. The van der Waals surface area contributed by atoms with Crippen molar-refractivity contribution in [2.24, 2.45) is 0 Å². The smallest absolute Gasteiger partial charge is 0.0595 e. The summed E-state index contributed by atoms with van der Waals surface area (Å²) in [6, 6.07) is 30.2. The third kappa shape index (κ3) is 6.23. The van der Waals surface area contributed by atoms with Crippen molar-refractivity contribution in [3.8, 4) is 0 Å². The quantitative estimate of drug-likeness (QED) is 0.240. The van der Waals surface area contributed by atoms with Crippen LogP contribution in [0.1, 0.15) is 83.0 Å². The third-order valence-electron chi connectivity index (χ3n) is 8.37. The minimum absolute atomic E-state index is 0.408. The van der Waals surface area contributed by atoms with Gasteiger partial charge in [-0.05, 0) is 97.4 Å². The summed E-state index contributed by atoms with van der Waals surface area (Å²) in [4.78, 5) is 0. The SMILES string of the molecule is CNC1CC[C@@H](c2ccc(Cl)c(Cl)c2)c2ccccc21.CN[C@H]1CCC(c2ccc(Cl)c(Cl)c2)c2ccccc21. The predicted molar refractivity (Wildman–Crippen MR) is 172 cm³/mol. The second kappa shape index (κ2) is 13.3. The Bertz CT molecular complexity index is 1360. The fourth-order valence-electron chi connectivity index (χ4n) is 6.33. The highest BCUT2D eigenvalue weighted by Gasteiger charge is 2.28. The van der Waals surface area contributed by atoms with Gasteiger partial charge in [0.2, 0.25) is 0 Å². The number of hydrogen-bond acceptors (Lipinski definition) is 2. The molecule has 2 nitrogen and oxygen atoms in total. The molecule has 6 rings (SSSR count). The molecular weight excluding hydrogens is 578 g/mol. The van der Waals surface area contributed by atoms with Crippen molar-refractivity contribution < 1.29 is 0 Å². The van der Waals surface area contributed by atoms with Crippen LogP contribution in [0.3, 0.4) is 0 Å². The van der Waals surface area contributed by atoms with Crippen LogP contribution in [-0.4, -0.2) is 14.1 Å². The van der Waals surface area contributed by atoms with Crippen molar-refractivity contribution in [2.75, 3.05) is 14.1 Å². The van der Waals surface area contributed by atoms with E-state index in [2.05, 4.69) is 71.3 Å². The molecule has 2 N–H and O–H groups in total. The van der Waals surface area contributed by atoms with Gasteiger partial charge in [0.25, 0.3) is 0 Å². The molecule has 2 unspecified atom stereocenters. The molecule has 0 radical (unpaired) electrons. The van der Waals surface area contributed by atoms with Gasteiger partial charge in [0.15, 0.2) is 0 Å². The van der Waals surface area contributed by atoms with Crippen LogP contribution < -0.4 is 10.6 Å². The monoisotopic (exact) mass is 610 g/mol. The number of benzene rings is 4. The molecule has 6 heteroatoms. The molecule has 2 aliphatic rings. The molecule has 40 heavy (non-hydrogen) atoms. The van der Waals surface area contributed by atoms with Gasteiger partial charge in [-0.3, -0.25) is 0 Å². The Labute approximate surface area is 258 Å². The number of fused-ring (bicyclic) bond motifs is 2. The van der Waals surface area contributed by atoms with Crippen LogP contribution in [0.5, 0.6) is 0 Å². The van der Waals surface area contributed by atoms with Crippen molar-refractivity contribution in [2.45, 2.75) is 49.6 Å². The van der Waals surface area contributed by atoms with Gasteiger partial charge >= 0.3 is 0 Å². The van der Waals surface area contributed by atoms with Crippen molar-refractivity contribution in [1.82, 2.24) is 10.6 Å². The minimum Gasteiger partial charge on any atom is -0.313 e. The molecule has 2 aliphatic carbocycles. The number of rotatable bonds is 4. The van der Waals surface area contributed by atoms with Crippen molar-refractivity contribution in [1.29, 1.82) is 0 Å². The van der Waals surface area contributed by atoms with Gasteiger partial charge in [0.1, 0.15) is 0 Å². The lowest BCUT2D eigenvalue weighted by Gasteiger charge is -2.32. The summed E-state index contributed by atoms with van der Waals surface area (Å²) in [5, 5.41) is 9.32. The maximum atomic E-state index is 6.17. The van der Waals surface area contributed by atoms with Gasteiger partial charge in [0, 0.05) is 23.9 Å². The van der Waals surface area contributed by atoms with E-state index in [4.69, 9.17) is 46.4 Å². The first-order valence-electron chi connectivity index (χ1n) is 13.8. The van der Waals surface area contributed by atoms with E-state index in [1.54, 1.807) is 0 Å². The first-order chi connectivity index (χ1) is 19.4. The van der Waals surface area contributed by atoms with E-state index in [-0.39, 0.29) is 0 Å². The Hall–Kier alpha value is -2.04. The average molecular weight is 612 g/mol. The summed E-state index contributed by atoms with van der Waals surface area (Å²) in [6.45, 7) is 0. The molecular formula is C34H34Cl4N2. The van der Waals surface area contributed by atoms with Crippen LogP contribution in [0.25, 0.3) is 0 Å². The molecule has 0 amide bonds. The summed E-state index contributed by atoms with van der Waals surface area (Å²) in [6.07, 6.45) is 4.53. The van der Waals surface area contributed by atoms with E-state index in [0.29, 0.717) is 44.0 Å². The normalized spacial score (nSPS) is 21.6. The third-order valence-corrected chi connectivity index (χ3v) is 9.85. The maximum Gasteiger partial charge on any atom is 0.0595 e. The Kier molecular flexibility index (Phi) is 9.79. The lowest BCUT2D eigenvalue weighted by Crippen LogP contribution is -2.24. The topological polar surface area (TPSA) is 24.1 Å². The van der Waals surface area contributed by atoms with Crippen molar-refractivity contribution in [3.05, 3.63) is 138 Å². The molecule has 0 heterocycles. The number of hydrogen-bond donors (Lipinski definition) is 2. The molecule has 4 aromatic carbocycles. The van der Waals surface area contributed by atoms with E-state index in [9.17, 15) is 0 Å². The number of nitrogens with one attached hydrogen (secondary N) is 2. The van der Waals surface area contributed by atoms with Gasteiger partial charge < -0.3 is 10.6 Å². The summed E-state index contributed by atoms with van der Waals surface area (Å²) in [5.41, 5.74) is 8.10. The largest absolute Gasteiger partial charge is 0.313 e. The second-order valence-corrected chi connectivity index (χ2v) is 12.2. The molecule has 4 atom stereocenters. The Morgan fingerprint density at radius 1 is 0.475 bits per heavy atom. The van der Waals surface area contributed by atoms with Crippen LogP contribution in [0.2, 0.25) is 20.1 Å². The molecule has 4 aromatic rings. The maximum absolute atomic E-state index is 6.17. The Morgan fingerprint density at radius 2 is 0.850 bits per heavy atom. The van der Waals surface area contributed by atoms with Gasteiger partial charge in [-0.1, -0.05) is 107 Å². The Balaban J connectivity index is 0.000000161. The highest BCUT2D eigenvalue weighted by molar-refractivity contribution is 6.42. The molecule has 0 fully saturated rings. The fourth-order valence-corrected chi connectivity index (χ4v) is 6.94. The van der Waals surface area contributed by atoms with E-state index in [1.807, 2.05) is 38.4 Å². The highest BCUT2D eigenvalue weighted by atomic mass is 35.5. The first-order valence-corrected chi connectivity index (χ1v) is 15.3. The molecule has 0 aliphatic heterocycles. The zero-order valence-corrected chi connectivity index (χ0v) is 25.8. The Morgan fingerprint density at radius 3 is 1.20 bits per heavy atom. The van der Waals surface area contributed by atoms with Crippen LogP contribution in [0.4, 0.5) is 0 Å². The predicted octanol–water partition coefficient (Wildman–Crippen LogP) is 10.4. The standard InChI is InChI=1S/2C17H17Cl2N/c2*1-20-17-9-7-12(13-4-2-3-5-14(13)17)11-6-8-15(18)16(19)10-11/h2*2-6,8,10,12,17,20H,7,9H2,1H3/t12?,17-;12-,17?/m00/s1. The zero-order chi connectivity index (χ0) is 28.2. The highest BCUT2D eigenvalue weighted by Crippen LogP contribution is 2.43. The van der Waals surface area contributed by atoms with Gasteiger partial charge in [0.05, 0.1) is 20.1 Å². The molecule has 0 bridgehead atoms. The average Bonchev–Trinajstić information content (AvgIpc) is 2.99. The van der Waals surface area contributed by atoms with Gasteiger partial charge in [-0.25, -0.2) is 0 Å². The van der Waals surface area contributed by atoms with Crippen LogP contribution in [0.15, 0.2) is 84.9 Å². The molecule has 0 aromatic heterocycles. The fraction of sp³-hybridized carbons (Fsp3) is 0.294. The molecule has 0 saturated heterocycles. The van der Waals surface area contributed by atoms with Crippen molar-refractivity contribution in [3.63, 3.8) is 0 Å². The first kappa shape index (κ1) is 29.5. The van der Waals surface area contributed by atoms with Crippen molar-refractivity contribution >= 4 is 46.4 Å². The second-order valence-electron chi connectivity index (χ2n) is 10.5. The summed E-state index contributed by atoms with van der Waals surface area (Å²) < 4.78 is 0. The van der Waals surface area contributed by atoms with E-state index < -0.39 is 0 Å².